The number of carbonyl (C=O) groups is 1. The van der Waals surface area contributed by atoms with Gasteiger partial charge in [0, 0.05) is 12.5 Å². The van der Waals surface area contributed by atoms with Crippen LogP contribution in [-0.4, -0.2) is 28.9 Å². The Bertz CT molecular complexity index is 451. The number of aryl methyl sites for hydroxylation is 2. The first-order valence-corrected chi connectivity index (χ1v) is 6.99. The van der Waals surface area contributed by atoms with Gasteiger partial charge in [-0.1, -0.05) is 12.1 Å². The van der Waals surface area contributed by atoms with Gasteiger partial charge in [0.2, 0.25) is 0 Å². The summed E-state index contributed by atoms with van der Waals surface area (Å²) in [6.07, 6.45) is 1.96. The van der Waals surface area contributed by atoms with Gasteiger partial charge in [0.05, 0.1) is 0 Å². The van der Waals surface area contributed by atoms with Crippen LogP contribution in [0.5, 0.6) is 5.75 Å². The molecule has 1 N–H and O–H groups in total. The van der Waals surface area contributed by atoms with Crippen LogP contribution in [0, 0.1) is 19.8 Å². The number of Topliss-reactive ketones (excluding diaryl/α,β-unsaturated/α-hetero) is 1. The molecule has 104 valence electrons. The third-order valence-corrected chi connectivity index (χ3v) is 4.12. The van der Waals surface area contributed by atoms with Gasteiger partial charge < -0.3 is 5.11 Å². The van der Waals surface area contributed by atoms with Gasteiger partial charge in [-0.2, -0.15) is 0 Å². The number of phenols is 1. The molecule has 1 fully saturated rings. The van der Waals surface area contributed by atoms with E-state index in [1.807, 2.05) is 13.8 Å². The summed E-state index contributed by atoms with van der Waals surface area (Å²) in [6.45, 7) is 8.47. The normalized spacial score (nSPS) is 17.6. The molecule has 0 radical (unpaired) electrons. The molecule has 0 aromatic heterocycles. The number of hydrogen-bond donors (Lipinski definition) is 1. The summed E-state index contributed by atoms with van der Waals surface area (Å²) < 4.78 is 0. The zero-order chi connectivity index (χ0) is 14.0. The minimum atomic E-state index is 0.263. The highest BCUT2D eigenvalue weighted by Gasteiger charge is 2.22. The lowest BCUT2D eigenvalue weighted by Gasteiger charge is -2.31. The van der Waals surface area contributed by atoms with Crippen LogP contribution < -0.4 is 0 Å². The smallest absolute Gasteiger partial charge is 0.133 e. The largest absolute Gasteiger partial charge is 0.507 e. The van der Waals surface area contributed by atoms with E-state index in [2.05, 4.69) is 17.0 Å². The Labute approximate surface area is 115 Å². The van der Waals surface area contributed by atoms with E-state index in [4.69, 9.17) is 0 Å². The minimum absolute atomic E-state index is 0.263. The number of ketones is 1. The molecule has 0 saturated carbocycles. The van der Waals surface area contributed by atoms with E-state index in [1.54, 1.807) is 6.92 Å². The Morgan fingerprint density at radius 3 is 2.26 bits per heavy atom. The molecule has 1 saturated heterocycles. The van der Waals surface area contributed by atoms with Gasteiger partial charge in [0.25, 0.3) is 0 Å². The highest BCUT2D eigenvalue weighted by molar-refractivity contribution is 5.78. The number of rotatable bonds is 3. The average Bonchev–Trinajstić information content (AvgIpc) is 2.36. The predicted molar refractivity (Wildman–Crippen MR) is 76.3 cm³/mol. The second-order valence-electron chi connectivity index (χ2n) is 5.74. The van der Waals surface area contributed by atoms with Crippen molar-refractivity contribution >= 4 is 5.78 Å². The van der Waals surface area contributed by atoms with Crippen molar-refractivity contribution in [1.29, 1.82) is 0 Å². The number of phenolic OH excluding ortho intramolecular Hbond substituents is 1. The molecule has 1 heterocycles. The van der Waals surface area contributed by atoms with E-state index in [0.29, 0.717) is 11.5 Å². The molecule has 1 aliphatic heterocycles. The van der Waals surface area contributed by atoms with Crippen molar-refractivity contribution < 1.29 is 9.90 Å². The maximum Gasteiger partial charge on any atom is 0.133 e. The number of carbonyl (C=O) groups excluding carboxylic acids is 1. The summed E-state index contributed by atoms with van der Waals surface area (Å²) in [6, 6.07) is 4.11. The van der Waals surface area contributed by atoms with Gasteiger partial charge in [-0.3, -0.25) is 9.69 Å². The maximum atomic E-state index is 11.3. The summed E-state index contributed by atoms with van der Waals surface area (Å²) in [7, 11) is 0. The monoisotopic (exact) mass is 261 g/mol. The number of aromatic hydroxyl groups is 1. The van der Waals surface area contributed by atoms with E-state index >= 15 is 0 Å². The van der Waals surface area contributed by atoms with Gasteiger partial charge in [-0.15, -0.1) is 0 Å². The van der Waals surface area contributed by atoms with Crippen LogP contribution >= 0.6 is 0 Å². The number of nitrogens with zero attached hydrogens (tertiary/aromatic N) is 1. The van der Waals surface area contributed by atoms with E-state index < -0.39 is 0 Å². The van der Waals surface area contributed by atoms with Gasteiger partial charge in [-0.05, 0) is 63.4 Å². The molecule has 0 amide bonds. The summed E-state index contributed by atoms with van der Waals surface area (Å²) in [4.78, 5) is 13.7. The molecule has 0 atom stereocenters. The first-order chi connectivity index (χ1) is 8.97. The lowest BCUT2D eigenvalue weighted by Crippen LogP contribution is -2.35. The van der Waals surface area contributed by atoms with E-state index in [1.165, 1.54) is 5.56 Å². The van der Waals surface area contributed by atoms with Crippen molar-refractivity contribution in [3.8, 4) is 5.75 Å². The first-order valence-electron chi connectivity index (χ1n) is 6.99. The molecule has 0 aliphatic carbocycles. The van der Waals surface area contributed by atoms with Crippen LogP contribution in [0.1, 0.15) is 36.5 Å². The zero-order valence-corrected chi connectivity index (χ0v) is 12.1. The Balaban J connectivity index is 1.98. The number of likely N-dealkylation sites (tertiary alicyclic amines) is 1. The Morgan fingerprint density at radius 2 is 1.79 bits per heavy atom. The van der Waals surface area contributed by atoms with Crippen LogP contribution in [0.4, 0.5) is 0 Å². The standard InChI is InChI=1S/C16H23NO2/c1-11-8-14(9-12(2)16(11)19)10-17-6-4-15(5-7-17)13(3)18/h8-9,15,19H,4-7,10H2,1-3H3. The van der Waals surface area contributed by atoms with E-state index in [9.17, 15) is 9.90 Å². The fourth-order valence-electron chi connectivity index (χ4n) is 2.89. The van der Waals surface area contributed by atoms with Crippen molar-refractivity contribution in [2.45, 2.75) is 40.2 Å². The third-order valence-electron chi connectivity index (χ3n) is 4.12. The molecular formula is C16H23NO2. The number of benzene rings is 1. The van der Waals surface area contributed by atoms with Crippen LogP contribution in [0.25, 0.3) is 0 Å². The molecular weight excluding hydrogens is 238 g/mol. The van der Waals surface area contributed by atoms with Crippen LogP contribution in [-0.2, 0) is 11.3 Å². The van der Waals surface area contributed by atoms with Crippen LogP contribution in [0.2, 0.25) is 0 Å². The molecule has 2 rings (SSSR count). The van der Waals surface area contributed by atoms with Gasteiger partial charge in [-0.25, -0.2) is 0 Å². The average molecular weight is 261 g/mol. The van der Waals surface area contributed by atoms with Crippen molar-refractivity contribution in [3.05, 3.63) is 28.8 Å². The van der Waals surface area contributed by atoms with Gasteiger partial charge in [0.15, 0.2) is 0 Å². The Hall–Kier alpha value is -1.35. The topological polar surface area (TPSA) is 40.5 Å². The molecule has 1 aliphatic rings. The summed E-state index contributed by atoms with van der Waals surface area (Å²) in [5, 5.41) is 9.78. The fraction of sp³-hybridized carbons (Fsp3) is 0.562. The van der Waals surface area contributed by atoms with Crippen molar-refractivity contribution in [2.75, 3.05) is 13.1 Å². The molecule has 0 unspecified atom stereocenters. The van der Waals surface area contributed by atoms with Crippen LogP contribution in [0.3, 0.4) is 0 Å². The quantitative estimate of drug-likeness (QED) is 0.909. The predicted octanol–water partition coefficient (Wildman–Crippen LogP) is 2.81. The van der Waals surface area contributed by atoms with Gasteiger partial charge >= 0.3 is 0 Å². The van der Waals surface area contributed by atoms with E-state index in [0.717, 1.165) is 43.6 Å². The number of hydrogen-bond acceptors (Lipinski definition) is 3. The fourth-order valence-corrected chi connectivity index (χ4v) is 2.89. The molecule has 3 heteroatoms. The third kappa shape index (κ3) is 3.35. The minimum Gasteiger partial charge on any atom is -0.507 e. The molecule has 3 nitrogen and oxygen atoms in total. The Morgan fingerprint density at radius 1 is 1.26 bits per heavy atom. The first kappa shape index (κ1) is 14.1. The highest BCUT2D eigenvalue weighted by atomic mass is 16.3. The Kier molecular flexibility index (Phi) is 4.25. The number of piperidine rings is 1. The second-order valence-corrected chi connectivity index (χ2v) is 5.74. The summed E-state index contributed by atoms with van der Waals surface area (Å²) in [5.41, 5.74) is 3.12. The molecule has 0 bridgehead atoms. The SMILES string of the molecule is CC(=O)C1CCN(Cc2cc(C)c(O)c(C)c2)CC1. The molecule has 1 aromatic carbocycles. The summed E-state index contributed by atoms with van der Waals surface area (Å²) in [5.74, 6) is 0.995. The second kappa shape index (κ2) is 5.74. The van der Waals surface area contributed by atoms with Crippen molar-refractivity contribution in [3.63, 3.8) is 0 Å². The summed E-state index contributed by atoms with van der Waals surface area (Å²) >= 11 is 0. The van der Waals surface area contributed by atoms with Crippen molar-refractivity contribution in [2.24, 2.45) is 5.92 Å². The molecule has 0 spiro atoms. The van der Waals surface area contributed by atoms with E-state index in [-0.39, 0.29) is 5.92 Å². The van der Waals surface area contributed by atoms with Crippen LogP contribution in [0.15, 0.2) is 12.1 Å². The maximum absolute atomic E-state index is 11.3. The van der Waals surface area contributed by atoms with Gasteiger partial charge in [0.1, 0.15) is 11.5 Å². The highest BCUT2D eigenvalue weighted by Crippen LogP contribution is 2.25. The van der Waals surface area contributed by atoms with Crippen molar-refractivity contribution in [1.82, 2.24) is 4.90 Å². The lowest BCUT2D eigenvalue weighted by molar-refractivity contribution is -0.122. The zero-order valence-electron chi connectivity index (χ0n) is 12.1. The molecule has 1 aromatic rings. The molecule has 19 heavy (non-hydrogen) atoms. The lowest BCUT2D eigenvalue weighted by atomic mass is 9.93.